The number of hydrogen-bond donors (Lipinski definition) is 1. The molecule has 1 aliphatic carbocycles. The van der Waals surface area contributed by atoms with Gasteiger partial charge in [-0.15, -0.1) is 0 Å². The molecule has 8 heteroatoms. The number of halogens is 2. The Bertz CT molecular complexity index is 987. The van der Waals surface area contributed by atoms with Gasteiger partial charge in [0.1, 0.15) is 5.02 Å². The van der Waals surface area contributed by atoms with Gasteiger partial charge in [0.05, 0.1) is 42.9 Å². The van der Waals surface area contributed by atoms with Crippen molar-refractivity contribution < 1.29 is 13.9 Å². The monoisotopic (exact) mass is 447 g/mol. The minimum atomic E-state index is -1.47. The Labute approximate surface area is 185 Å². The Morgan fingerprint density at radius 3 is 2.74 bits per heavy atom. The predicted molar refractivity (Wildman–Crippen MR) is 117 cm³/mol. The standard InChI is InChI=1S/C23H27ClFN3O3/c24-21-18(26-13-23(25)10-1-11-30-14-23)12-27-28(22(21)29)17-6-4-16(5-7-17)20-9-8-19(31-20)15-2-3-15/h4-7,12,15,19-20,26H,1-3,8-11,13-14H2/t19-,20-,23-/m0/s1. The van der Waals surface area contributed by atoms with Gasteiger partial charge in [0.25, 0.3) is 5.56 Å². The second-order valence-corrected chi connectivity index (χ2v) is 9.30. The molecule has 0 bridgehead atoms. The molecule has 166 valence electrons. The van der Waals surface area contributed by atoms with Gasteiger partial charge in [-0.05, 0) is 62.1 Å². The van der Waals surface area contributed by atoms with Crippen molar-refractivity contribution in [2.75, 3.05) is 25.1 Å². The van der Waals surface area contributed by atoms with E-state index in [9.17, 15) is 9.18 Å². The number of anilines is 1. The van der Waals surface area contributed by atoms with E-state index in [0.717, 1.165) is 24.3 Å². The quantitative estimate of drug-likeness (QED) is 0.708. The maximum absolute atomic E-state index is 14.7. The van der Waals surface area contributed by atoms with Gasteiger partial charge in [0.2, 0.25) is 0 Å². The number of benzene rings is 1. The largest absolute Gasteiger partial charge is 0.379 e. The zero-order chi connectivity index (χ0) is 21.4. The molecule has 0 unspecified atom stereocenters. The lowest BCUT2D eigenvalue weighted by atomic mass is 9.99. The fraction of sp³-hybridized carbons (Fsp3) is 0.565. The summed E-state index contributed by atoms with van der Waals surface area (Å²) >= 11 is 6.29. The third kappa shape index (κ3) is 4.49. The van der Waals surface area contributed by atoms with E-state index in [1.54, 1.807) is 0 Å². The van der Waals surface area contributed by atoms with Crippen molar-refractivity contribution in [2.45, 2.75) is 56.4 Å². The van der Waals surface area contributed by atoms with Crippen molar-refractivity contribution in [3.63, 3.8) is 0 Å². The van der Waals surface area contributed by atoms with Crippen LogP contribution in [0, 0.1) is 5.92 Å². The van der Waals surface area contributed by atoms with E-state index < -0.39 is 11.2 Å². The third-order valence-electron chi connectivity index (χ3n) is 6.50. The highest BCUT2D eigenvalue weighted by atomic mass is 35.5. The van der Waals surface area contributed by atoms with Crippen LogP contribution in [0.5, 0.6) is 0 Å². The van der Waals surface area contributed by atoms with Crippen molar-refractivity contribution >= 4 is 17.3 Å². The van der Waals surface area contributed by atoms with Gasteiger partial charge in [0, 0.05) is 6.61 Å². The molecule has 1 saturated carbocycles. The Hall–Kier alpha value is -1.96. The Balaban J connectivity index is 1.28. The summed E-state index contributed by atoms with van der Waals surface area (Å²) in [5, 5.41) is 7.16. The van der Waals surface area contributed by atoms with E-state index >= 15 is 0 Å². The van der Waals surface area contributed by atoms with Crippen LogP contribution in [0.2, 0.25) is 5.02 Å². The maximum atomic E-state index is 14.7. The summed E-state index contributed by atoms with van der Waals surface area (Å²) in [6, 6.07) is 7.69. The fourth-order valence-corrected chi connectivity index (χ4v) is 4.70. The summed E-state index contributed by atoms with van der Waals surface area (Å²) in [6.07, 6.45) is 7.81. The third-order valence-corrected chi connectivity index (χ3v) is 6.86. The summed E-state index contributed by atoms with van der Waals surface area (Å²) in [5.41, 5.74) is 0.159. The Morgan fingerprint density at radius 1 is 1.23 bits per heavy atom. The maximum Gasteiger partial charge on any atom is 0.292 e. The first-order chi connectivity index (χ1) is 15.0. The molecule has 1 aromatic carbocycles. The number of hydrogen-bond acceptors (Lipinski definition) is 5. The smallest absolute Gasteiger partial charge is 0.292 e. The molecule has 5 rings (SSSR count). The average molecular weight is 448 g/mol. The van der Waals surface area contributed by atoms with E-state index in [1.165, 1.54) is 23.7 Å². The molecule has 2 aromatic rings. The van der Waals surface area contributed by atoms with Crippen molar-refractivity contribution in [2.24, 2.45) is 5.92 Å². The van der Waals surface area contributed by atoms with Crippen LogP contribution >= 0.6 is 11.6 Å². The lowest BCUT2D eigenvalue weighted by Gasteiger charge is -2.29. The van der Waals surface area contributed by atoms with Crippen LogP contribution in [-0.2, 0) is 9.47 Å². The van der Waals surface area contributed by atoms with Crippen LogP contribution in [0.4, 0.5) is 10.1 Å². The summed E-state index contributed by atoms with van der Waals surface area (Å²) in [5.74, 6) is 0.749. The van der Waals surface area contributed by atoms with Crippen molar-refractivity contribution in [3.05, 3.63) is 51.4 Å². The van der Waals surface area contributed by atoms with Crippen LogP contribution in [0.1, 0.15) is 50.2 Å². The van der Waals surface area contributed by atoms with Gasteiger partial charge in [-0.25, -0.2) is 4.39 Å². The summed E-state index contributed by atoms with van der Waals surface area (Å²) < 4.78 is 27.4. The molecule has 3 aliphatic rings. The van der Waals surface area contributed by atoms with Crippen LogP contribution in [0.3, 0.4) is 0 Å². The first-order valence-corrected chi connectivity index (χ1v) is 11.4. The summed E-state index contributed by atoms with van der Waals surface area (Å²) in [4.78, 5) is 12.8. The first-order valence-electron chi connectivity index (χ1n) is 11.1. The zero-order valence-electron chi connectivity index (χ0n) is 17.4. The topological polar surface area (TPSA) is 65.4 Å². The minimum Gasteiger partial charge on any atom is -0.379 e. The van der Waals surface area contributed by atoms with E-state index in [-0.39, 0.29) is 24.3 Å². The molecule has 1 N–H and O–H groups in total. The Morgan fingerprint density at radius 2 is 2.03 bits per heavy atom. The first kappa shape index (κ1) is 20.9. The molecule has 3 fully saturated rings. The molecular formula is C23H27ClFN3O3. The molecule has 3 atom stereocenters. The fourth-order valence-electron chi connectivity index (χ4n) is 4.50. The van der Waals surface area contributed by atoms with Crippen molar-refractivity contribution in [1.29, 1.82) is 0 Å². The normalized spacial score (nSPS) is 28.6. The number of alkyl halides is 1. The van der Waals surface area contributed by atoms with Gasteiger partial charge < -0.3 is 14.8 Å². The van der Waals surface area contributed by atoms with Crippen LogP contribution in [0.25, 0.3) is 5.69 Å². The molecule has 6 nitrogen and oxygen atoms in total. The van der Waals surface area contributed by atoms with E-state index in [2.05, 4.69) is 10.4 Å². The molecular weight excluding hydrogens is 421 g/mol. The second kappa shape index (κ2) is 8.52. The van der Waals surface area contributed by atoms with E-state index in [0.29, 0.717) is 36.9 Å². The van der Waals surface area contributed by atoms with Crippen molar-refractivity contribution in [1.82, 2.24) is 9.78 Å². The van der Waals surface area contributed by atoms with Crippen LogP contribution in [0.15, 0.2) is 35.3 Å². The number of nitrogens with one attached hydrogen (secondary N) is 1. The second-order valence-electron chi connectivity index (χ2n) is 8.92. The Kier molecular flexibility index (Phi) is 5.75. The number of ether oxygens (including phenoxy) is 2. The highest BCUT2D eigenvalue weighted by Gasteiger charge is 2.38. The average Bonchev–Trinajstić information content (AvgIpc) is 3.52. The molecule has 2 aliphatic heterocycles. The van der Waals surface area contributed by atoms with Gasteiger partial charge in [-0.2, -0.15) is 9.78 Å². The van der Waals surface area contributed by atoms with Crippen LogP contribution < -0.4 is 10.9 Å². The molecule has 0 spiro atoms. The highest BCUT2D eigenvalue weighted by Crippen LogP contribution is 2.44. The van der Waals surface area contributed by atoms with Gasteiger partial charge in [0.15, 0.2) is 5.67 Å². The minimum absolute atomic E-state index is 0.00851. The lowest BCUT2D eigenvalue weighted by Crippen LogP contribution is -2.40. The zero-order valence-corrected chi connectivity index (χ0v) is 18.1. The van der Waals surface area contributed by atoms with Gasteiger partial charge in [-0.3, -0.25) is 4.79 Å². The van der Waals surface area contributed by atoms with E-state index in [4.69, 9.17) is 21.1 Å². The molecule has 0 amide bonds. The SMILES string of the molecule is O=c1c(Cl)c(NC[C@@]2(F)CCCOC2)cnn1-c1ccc([C@@H]2CC[C@@H](C3CC3)O2)cc1. The lowest BCUT2D eigenvalue weighted by molar-refractivity contribution is -0.0234. The molecule has 2 saturated heterocycles. The molecule has 3 heterocycles. The van der Waals surface area contributed by atoms with Crippen LogP contribution in [-0.4, -0.2) is 41.3 Å². The van der Waals surface area contributed by atoms with Gasteiger partial charge in [-0.1, -0.05) is 23.7 Å². The summed E-state index contributed by atoms with van der Waals surface area (Å²) in [6.45, 7) is 0.646. The molecule has 0 radical (unpaired) electrons. The molecule has 1 aromatic heterocycles. The predicted octanol–water partition coefficient (Wildman–Crippen LogP) is 4.45. The van der Waals surface area contributed by atoms with Crippen molar-refractivity contribution in [3.8, 4) is 5.69 Å². The number of rotatable bonds is 6. The van der Waals surface area contributed by atoms with Gasteiger partial charge >= 0.3 is 0 Å². The number of nitrogens with zero attached hydrogens (tertiary/aromatic N) is 2. The number of aromatic nitrogens is 2. The van der Waals surface area contributed by atoms with E-state index in [1.807, 2.05) is 24.3 Å². The summed E-state index contributed by atoms with van der Waals surface area (Å²) in [7, 11) is 0. The molecule has 31 heavy (non-hydrogen) atoms. The highest BCUT2D eigenvalue weighted by molar-refractivity contribution is 6.32.